The number of nitrogens with one attached hydrogen (secondary N) is 1. The van der Waals surface area contributed by atoms with Gasteiger partial charge in [-0.25, -0.2) is 13.2 Å². The standard InChI is InChI=1S/C23H23N3O5S2/c1-14-11-19(16(3)26(14)12-17-7-6-10-32-17)20(27)13-31-23(28)15(2)24-22-18-8-4-5-9-21(18)33(29,30)25-22/h4-11,15H,12-13H2,1-3H3,(H,24,25)/t15-/m0/s1. The largest absolute Gasteiger partial charge is 0.456 e. The van der Waals surface area contributed by atoms with E-state index >= 15 is 0 Å². The molecule has 0 saturated heterocycles. The molecule has 3 heterocycles. The van der Waals surface area contributed by atoms with Gasteiger partial charge in [-0.05, 0) is 50.4 Å². The maximum atomic E-state index is 12.7. The number of amidine groups is 1. The molecule has 1 aliphatic rings. The zero-order valence-electron chi connectivity index (χ0n) is 18.4. The number of aryl methyl sites for hydroxylation is 1. The van der Waals surface area contributed by atoms with Gasteiger partial charge in [0.2, 0.25) is 5.78 Å². The fourth-order valence-electron chi connectivity index (χ4n) is 3.70. The van der Waals surface area contributed by atoms with E-state index in [1.165, 1.54) is 17.9 Å². The number of aliphatic imine (C=N–C) groups is 1. The first-order valence-corrected chi connectivity index (χ1v) is 12.6. The lowest BCUT2D eigenvalue weighted by atomic mass is 10.1. The van der Waals surface area contributed by atoms with Crippen molar-refractivity contribution >= 4 is 38.9 Å². The average molecular weight is 486 g/mol. The lowest BCUT2D eigenvalue weighted by Crippen LogP contribution is -2.27. The first-order valence-electron chi connectivity index (χ1n) is 10.3. The van der Waals surface area contributed by atoms with Gasteiger partial charge in [-0.3, -0.25) is 14.5 Å². The summed E-state index contributed by atoms with van der Waals surface area (Å²) >= 11 is 1.65. The molecule has 10 heteroatoms. The molecule has 33 heavy (non-hydrogen) atoms. The molecule has 0 radical (unpaired) electrons. The number of rotatable bonds is 7. The van der Waals surface area contributed by atoms with Crippen LogP contribution in [0.4, 0.5) is 0 Å². The molecule has 2 aromatic heterocycles. The second kappa shape index (κ2) is 8.95. The number of benzene rings is 1. The molecule has 4 rings (SSSR count). The Morgan fingerprint density at radius 3 is 2.67 bits per heavy atom. The minimum atomic E-state index is -3.70. The Balaban J connectivity index is 1.42. The van der Waals surface area contributed by atoms with Gasteiger partial charge in [0.1, 0.15) is 11.9 Å². The van der Waals surface area contributed by atoms with Crippen LogP contribution in [0.25, 0.3) is 0 Å². The van der Waals surface area contributed by atoms with Gasteiger partial charge in [0.25, 0.3) is 10.0 Å². The van der Waals surface area contributed by atoms with Crippen LogP contribution in [0.2, 0.25) is 0 Å². The van der Waals surface area contributed by atoms with Crippen molar-refractivity contribution in [3.63, 3.8) is 0 Å². The quantitative estimate of drug-likeness (QED) is 0.409. The third-order valence-electron chi connectivity index (χ3n) is 5.44. The molecule has 1 aliphatic heterocycles. The highest BCUT2D eigenvalue weighted by molar-refractivity contribution is 7.90. The van der Waals surface area contributed by atoms with Gasteiger partial charge >= 0.3 is 5.97 Å². The molecule has 0 spiro atoms. The zero-order valence-corrected chi connectivity index (χ0v) is 20.0. The zero-order chi connectivity index (χ0) is 23.8. The van der Waals surface area contributed by atoms with Crippen molar-refractivity contribution in [3.05, 3.63) is 75.2 Å². The van der Waals surface area contributed by atoms with Crippen LogP contribution < -0.4 is 4.72 Å². The number of nitrogens with zero attached hydrogens (tertiary/aromatic N) is 2. The van der Waals surface area contributed by atoms with Crippen LogP contribution in [0.5, 0.6) is 0 Å². The highest BCUT2D eigenvalue weighted by Gasteiger charge is 2.31. The molecular formula is C23H23N3O5S2. The molecule has 0 fully saturated rings. The summed E-state index contributed by atoms with van der Waals surface area (Å²) in [6, 6.07) is 11.2. The first-order chi connectivity index (χ1) is 15.7. The molecule has 0 saturated carbocycles. The summed E-state index contributed by atoms with van der Waals surface area (Å²) in [4.78, 5) is 30.7. The summed E-state index contributed by atoms with van der Waals surface area (Å²) in [6.07, 6.45) is 0. The summed E-state index contributed by atoms with van der Waals surface area (Å²) in [6.45, 7) is 5.55. The predicted molar refractivity (Wildman–Crippen MR) is 125 cm³/mol. The molecule has 1 atom stereocenters. The van der Waals surface area contributed by atoms with E-state index in [1.54, 1.807) is 35.6 Å². The maximum absolute atomic E-state index is 12.7. The Labute approximate surface area is 196 Å². The molecule has 1 N–H and O–H groups in total. The number of thiophene rings is 1. The molecule has 0 aliphatic carbocycles. The van der Waals surface area contributed by atoms with Crippen molar-refractivity contribution in [3.8, 4) is 0 Å². The van der Waals surface area contributed by atoms with Crippen LogP contribution in [-0.2, 0) is 26.1 Å². The summed E-state index contributed by atoms with van der Waals surface area (Å²) in [5.41, 5.74) is 2.66. The van der Waals surface area contributed by atoms with Gasteiger partial charge in [0.05, 0.1) is 11.4 Å². The van der Waals surface area contributed by atoms with Crippen LogP contribution in [0.3, 0.4) is 0 Å². The number of Topliss-reactive ketones (excluding diaryl/α,β-unsaturated/α-hetero) is 1. The fourth-order valence-corrected chi connectivity index (χ4v) is 5.63. The molecule has 0 unspecified atom stereocenters. The smallest absolute Gasteiger partial charge is 0.331 e. The van der Waals surface area contributed by atoms with E-state index in [-0.39, 0.29) is 16.5 Å². The van der Waals surface area contributed by atoms with Gasteiger partial charge in [-0.1, -0.05) is 18.2 Å². The number of fused-ring (bicyclic) bond motifs is 1. The van der Waals surface area contributed by atoms with Crippen LogP contribution in [0.1, 0.15) is 39.1 Å². The van der Waals surface area contributed by atoms with E-state index in [2.05, 4.69) is 14.3 Å². The van der Waals surface area contributed by atoms with E-state index < -0.39 is 28.6 Å². The van der Waals surface area contributed by atoms with Gasteiger partial charge < -0.3 is 9.30 Å². The third kappa shape index (κ3) is 4.62. The highest BCUT2D eigenvalue weighted by Crippen LogP contribution is 2.23. The second-order valence-corrected chi connectivity index (χ2v) is 10.4. The number of sulfonamides is 1. The Morgan fingerprint density at radius 2 is 1.94 bits per heavy atom. The molecular weight excluding hydrogens is 462 g/mol. The van der Waals surface area contributed by atoms with Gasteiger partial charge in [-0.2, -0.15) is 0 Å². The number of ether oxygens (including phenoxy) is 1. The molecule has 8 nitrogen and oxygen atoms in total. The van der Waals surface area contributed by atoms with Crippen molar-refractivity contribution in [2.75, 3.05) is 6.61 Å². The second-order valence-electron chi connectivity index (χ2n) is 7.74. The fraction of sp³-hybridized carbons (Fsp3) is 0.261. The van der Waals surface area contributed by atoms with Crippen molar-refractivity contribution in [1.29, 1.82) is 0 Å². The number of ketones is 1. The monoisotopic (exact) mass is 485 g/mol. The first kappa shape index (κ1) is 22.9. The van der Waals surface area contributed by atoms with Gasteiger partial charge in [0.15, 0.2) is 6.61 Å². The summed E-state index contributed by atoms with van der Waals surface area (Å²) in [5, 5.41) is 2.01. The number of aromatic nitrogens is 1. The Bertz CT molecular complexity index is 1350. The normalized spacial score (nSPS) is 16.3. The van der Waals surface area contributed by atoms with Gasteiger partial charge in [-0.15, -0.1) is 11.3 Å². The third-order valence-corrected chi connectivity index (χ3v) is 7.70. The van der Waals surface area contributed by atoms with E-state index in [0.717, 1.165) is 11.4 Å². The van der Waals surface area contributed by atoms with Crippen molar-refractivity contribution < 1.29 is 22.7 Å². The van der Waals surface area contributed by atoms with Crippen LogP contribution in [0.15, 0.2) is 57.7 Å². The van der Waals surface area contributed by atoms with E-state index in [9.17, 15) is 18.0 Å². The topological polar surface area (TPSA) is 107 Å². The van der Waals surface area contributed by atoms with Crippen molar-refractivity contribution in [1.82, 2.24) is 9.29 Å². The molecule has 1 aromatic carbocycles. The van der Waals surface area contributed by atoms with Crippen LogP contribution in [-0.4, -0.2) is 43.2 Å². The molecule has 0 bridgehead atoms. The number of carbonyl (C=O) groups is 2. The van der Waals surface area contributed by atoms with Crippen LogP contribution >= 0.6 is 11.3 Å². The predicted octanol–water partition coefficient (Wildman–Crippen LogP) is 3.07. The Kier molecular flexibility index (Phi) is 6.22. The molecule has 0 amide bonds. The summed E-state index contributed by atoms with van der Waals surface area (Å²) in [5.74, 6) is -0.939. The van der Waals surface area contributed by atoms with E-state index in [4.69, 9.17) is 4.74 Å². The van der Waals surface area contributed by atoms with Crippen molar-refractivity contribution in [2.45, 2.75) is 38.3 Å². The van der Waals surface area contributed by atoms with Crippen LogP contribution in [0, 0.1) is 13.8 Å². The SMILES string of the molecule is Cc1cc(C(=O)COC(=O)[C@H](C)N=C2NS(=O)(=O)c3ccccc32)c(C)n1Cc1cccs1. The number of carbonyl (C=O) groups excluding carboxylic acids is 2. The average Bonchev–Trinajstić information content (AvgIpc) is 3.46. The number of hydrogen-bond donors (Lipinski definition) is 1. The Morgan fingerprint density at radius 1 is 1.18 bits per heavy atom. The maximum Gasteiger partial charge on any atom is 0.331 e. The van der Waals surface area contributed by atoms with Crippen molar-refractivity contribution in [2.24, 2.45) is 4.99 Å². The number of esters is 1. The lowest BCUT2D eigenvalue weighted by molar-refractivity contribution is -0.143. The summed E-state index contributed by atoms with van der Waals surface area (Å²) < 4.78 is 34.0. The minimum absolute atomic E-state index is 0.0819. The number of hydrogen-bond acceptors (Lipinski definition) is 7. The van der Waals surface area contributed by atoms with E-state index in [0.29, 0.717) is 17.7 Å². The van der Waals surface area contributed by atoms with E-state index in [1.807, 2.05) is 31.4 Å². The minimum Gasteiger partial charge on any atom is -0.456 e. The Hall–Kier alpha value is -3.24. The summed E-state index contributed by atoms with van der Waals surface area (Å²) in [7, 11) is -3.70. The molecule has 3 aromatic rings. The lowest BCUT2D eigenvalue weighted by Gasteiger charge is -2.10. The molecule has 172 valence electrons. The van der Waals surface area contributed by atoms with Gasteiger partial charge in [0, 0.05) is 27.4 Å². The highest BCUT2D eigenvalue weighted by atomic mass is 32.2.